The van der Waals surface area contributed by atoms with E-state index in [9.17, 15) is 0 Å². The van der Waals surface area contributed by atoms with Crippen LogP contribution in [-0.4, -0.2) is 0 Å². The summed E-state index contributed by atoms with van der Waals surface area (Å²) in [4.78, 5) is 0. The normalized spacial score (nSPS) is 41.0. The molecule has 0 saturated heterocycles. The van der Waals surface area contributed by atoms with Crippen LogP contribution in [0.3, 0.4) is 0 Å². The van der Waals surface area contributed by atoms with E-state index >= 15 is 0 Å². The van der Waals surface area contributed by atoms with Crippen molar-refractivity contribution in [1.29, 1.82) is 0 Å². The van der Waals surface area contributed by atoms with Gasteiger partial charge in [0.25, 0.3) is 0 Å². The summed E-state index contributed by atoms with van der Waals surface area (Å²) in [5.74, 6) is 2.91. The van der Waals surface area contributed by atoms with Crippen LogP contribution >= 0.6 is 0 Å². The number of hydrogen-bond acceptors (Lipinski definition) is 0. The van der Waals surface area contributed by atoms with Crippen LogP contribution in [0.4, 0.5) is 0 Å². The van der Waals surface area contributed by atoms with E-state index in [0.717, 1.165) is 17.8 Å². The highest BCUT2D eigenvalue weighted by Gasteiger charge is 2.46. The SMILES string of the molecule is C[C@@]12CCC[C@H]1[C@@H]1CCc3ccccc3[C@@H](CC2)C1. The van der Waals surface area contributed by atoms with Gasteiger partial charge in [-0.15, -0.1) is 0 Å². The molecule has 1 aromatic rings. The third-order valence-corrected chi connectivity index (χ3v) is 6.66. The molecule has 0 N–H and O–H groups in total. The average molecular weight is 254 g/mol. The van der Waals surface area contributed by atoms with Gasteiger partial charge in [-0.1, -0.05) is 37.6 Å². The lowest BCUT2D eigenvalue weighted by molar-refractivity contribution is 0.152. The van der Waals surface area contributed by atoms with Gasteiger partial charge in [0, 0.05) is 0 Å². The molecule has 102 valence electrons. The van der Waals surface area contributed by atoms with Crippen molar-refractivity contribution in [3.05, 3.63) is 35.4 Å². The van der Waals surface area contributed by atoms with Gasteiger partial charge in [0.2, 0.25) is 0 Å². The summed E-state index contributed by atoms with van der Waals surface area (Å²) >= 11 is 0. The van der Waals surface area contributed by atoms with E-state index in [1.54, 1.807) is 11.1 Å². The Morgan fingerprint density at radius 3 is 2.89 bits per heavy atom. The fraction of sp³-hybridized carbons (Fsp3) is 0.684. The van der Waals surface area contributed by atoms with Crippen molar-refractivity contribution in [2.24, 2.45) is 17.3 Å². The van der Waals surface area contributed by atoms with E-state index in [-0.39, 0.29) is 0 Å². The Labute approximate surface area is 117 Å². The van der Waals surface area contributed by atoms with Crippen LogP contribution in [0.5, 0.6) is 0 Å². The van der Waals surface area contributed by atoms with Crippen LogP contribution in [0.1, 0.15) is 68.9 Å². The predicted octanol–water partition coefficient (Wildman–Crippen LogP) is 5.32. The van der Waals surface area contributed by atoms with E-state index in [0.29, 0.717) is 5.41 Å². The zero-order valence-corrected chi connectivity index (χ0v) is 12.2. The molecule has 2 fully saturated rings. The summed E-state index contributed by atoms with van der Waals surface area (Å²) < 4.78 is 0. The molecule has 0 radical (unpaired) electrons. The topological polar surface area (TPSA) is 0 Å². The van der Waals surface area contributed by atoms with Gasteiger partial charge in [0.1, 0.15) is 0 Å². The van der Waals surface area contributed by atoms with Crippen LogP contribution in [0, 0.1) is 17.3 Å². The Bertz CT molecular complexity index is 475. The molecule has 1 aromatic carbocycles. The largest absolute Gasteiger partial charge is 0.0620 e. The first-order valence-corrected chi connectivity index (χ1v) is 8.34. The van der Waals surface area contributed by atoms with E-state index < -0.39 is 0 Å². The third-order valence-electron chi connectivity index (χ3n) is 6.66. The van der Waals surface area contributed by atoms with Crippen molar-refractivity contribution in [3.8, 4) is 0 Å². The van der Waals surface area contributed by atoms with Crippen LogP contribution in [0.2, 0.25) is 0 Å². The number of rotatable bonds is 0. The van der Waals surface area contributed by atoms with Gasteiger partial charge in [-0.3, -0.25) is 0 Å². The number of fused-ring (bicyclic) bond motifs is 6. The van der Waals surface area contributed by atoms with Crippen LogP contribution in [0.25, 0.3) is 0 Å². The lowest BCUT2D eigenvalue weighted by atomic mass is 9.70. The highest BCUT2D eigenvalue weighted by Crippen LogP contribution is 2.57. The molecule has 0 heteroatoms. The van der Waals surface area contributed by atoms with Crippen molar-refractivity contribution in [2.45, 2.75) is 64.2 Å². The Balaban J connectivity index is 1.72. The quantitative estimate of drug-likeness (QED) is 0.587. The van der Waals surface area contributed by atoms with Gasteiger partial charge in [-0.05, 0) is 79.2 Å². The van der Waals surface area contributed by atoms with E-state index in [4.69, 9.17) is 0 Å². The molecule has 0 amide bonds. The molecule has 0 heterocycles. The summed E-state index contributed by atoms with van der Waals surface area (Å²) in [6, 6.07) is 9.31. The zero-order valence-electron chi connectivity index (χ0n) is 12.2. The van der Waals surface area contributed by atoms with Gasteiger partial charge >= 0.3 is 0 Å². The van der Waals surface area contributed by atoms with Crippen molar-refractivity contribution < 1.29 is 0 Å². The molecule has 19 heavy (non-hydrogen) atoms. The van der Waals surface area contributed by atoms with Crippen LogP contribution < -0.4 is 0 Å². The summed E-state index contributed by atoms with van der Waals surface area (Å²) in [6.07, 6.45) is 11.7. The number of hydrogen-bond donors (Lipinski definition) is 0. The first kappa shape index (κ1) is 12.0. The van der Waals surface area contributed by atoms with Gasteiger partial charge < -0.3 is 0 Å². The smallest absolute Gasteiger partial charge is 0.0156 e. The van der Waals surface area contributed by atoms with Gasteiger partial charge in [-0.2, -0.15) is 0 Å². The van der Waals surface area contributed by atoms with Gasteiger partial charge in [0.05, 0.1) is 0 Å². The molecule has 0 nitrogen and oxygen atoms in total. The Morgan fingerprint density at radius 2 is 1.95 bits per heavy atom. The first-order chi connectivity index (χ1) is 9.26. The Hall–Kier alpha value is -0.780. The van der Waals surface area contributed by atoms with Crippen molar-refractivity contribution >= 4 is 0 Å². The molecule has 2 bridgehead atoms. The maximum atomic E-state index is 2.60. The minimum Gasteiger partial charge on any atom is -0.0620 e. The Morgan fingerprint density at radius 1 is 1.05 bits per heavy atom. The fourth-order valence-electron chi connectivity index (χ4n) is 5.63. The molecule has 0 aliphatic heterocycles. The summed E-state index contributed by atoms with van der Waals surface area (Å²) in [5.41, 5.74) is 4.05. The average Bonchev–Trinajstić information content (AvgIpc) is 2.65. The van der Waals surface area contributed by atoms with E-state index in [1.165, 1.54) is 51.4 Å². The fourth-order valence-corrected chi connectivity index (χ4v) is 5.63. The molecule has 0 aromatic heterocycles. The molecule has 2 saturated carbocycles. The molecule has 4 atom stereocenters. The standard InChI is InChI=1S/C19H26/c1-19-11-4-7-18(19)16-9-8-14-5-2-3-6-17(14)15(13-16)10-12-19/h2-3,5-6,15-16,18H,4,7-13H2,1H3/t15-,16+,18-,19-/m0/s1. The maximum Gasteiger partial charge on any atom is -0.0156 e. The van der Waals surface area contributed by atoms with Crippen LogP contribution in [0.15, 0.2) is 24.3 Å². The van der Waals surface area contributed by atoms with Crippen molar-refractivity contribution in [1.82, 2.24) is 0 Å². The molecule has 0 spiro atoms. The van der Waals surface area contributed by atoms with E-state index in [2.05, 4.69) is 31.2 Å². The second kappa shape index (κ2) is 4.36. The van der Waals surface area contributed by atoms with Crippen LogP contribution in [-0.2, 0) is 6.42 Å². The highest BCUT2D eigenvalue weighted by atomic mass is 14.5. The molecule has 3 aliphatic carbocycles. The summed E-state index contributed by atoms with van der Waals surface area (Å²) in [5, 5.41) is 0. The molecule has 0 unspecified atom stereocenters. The summed E-state index contributed by atoms with van der Waals surface area (Å²) in [7, 11) is 0. The number of benzene rings is 1. The van der Waals surface area contributed by atoms with Crippen molar-refractivity contribution in [3.63, 3.8) is 0 Å². The lowest BCUT2D eigenvalue weighted by Crippen LogP contribution is -2.26. The minimum absolute atomic E-state index is 0.686. The Kier molecular flexibility index (Phi) is 2.76. The summed E-state index contributed by atoms with van der Waals surface area (Å²) in [6.45, 7) is 2.60. The van der Waals surface area contributed by atoms with Crippen molar-refractivity contribution in [2.75, 3.05) is 0 Å². The molecular formula is C19H26. The van der Waals surface area contributed by atoms with Gasteiger partial charge in [0.15, 0.2) is 0 Å². The third kappa shape index (κ3) is 1.87. The second-order valence-corrected chi connectivity index (χ2v) is 7.62. The van der Waals surface area contributed by atoms with Gasteiger partial charge in [-0.25, -0.2) is 0 Å². The monoisotopic (exact) mass is 254 g/mol. The predicted molar refractivity (Wildman–Crippen MR) is 80.3 cm³/mol. The number of aryl methyl sites for hydroxylation is 1. The minimum atomic E-state index is 0.686. The molecule has 4 rings (SSSR count). The molecule has 3 aliphatic rings. The maximum absolute atomic E-state index is 2.60. The zero-order chi connectivity index (χ0) is 12.9. The second-order valence-electron chi connectivity index (χ2n) is 7.62. The lowest BCUT2D eigenvalue weighted by Gasteiger charge is -2.34. The van der Waals surface area contributed by atoms with E-state index in [1.807, 2.05) is 0 Å². The molecular weight excluding hydrogens is 228 g/mol. The highest BCUT2D eigenvalue weighted by molar-refractivity contribution is 5.32. The first-order valence-electron chi connectivity index (χ1n) is 8.34.